The van der Waals surface area contributed by atoms with Crippen LogP contribution in [0.15, 0.2) is 12.7 Å². The highest BCUT2D eigenvalue weighted by atomic mass is 15.1. The van der Waals surface area contributed by atoms with Crippen LogP contribution in [0.3, 0.4) is 0 Å². The lowest BCUT2D eigenvalue weighted by Gasteiger charge is -2.22. The van der Waals surface area contributed by atoms with E-state index >= 15 is 0 Å². The first-order valence-corrected chi connectivity index (χ1v) is 8.23. The molecule has 112 valence electrons. The third-order valence-electron chi connectivity index (χ3n) is 4.41. The molecule has 2 rings (SSSR count). The second-order valence-electron chi connectivity index (χ2n) is 5.99. The number of nitrogens with two attached hydrogens (primary N) is 1. The van der Waals surface area contributed by atoms with Gasteiger partial charge < -0.3 is 10.3 Å². The molecular weight excluding hydrogens is 246 g/mol. The zero-order valence-electron chi connectivity index (χ0n) is 12.9. The smallest absolute Gasteiger partial charge is 0.127 e. The Bertz CT molecular complexity index is 428. The van der Waals surface area contributed by atoms with Crippen molar-refractivity contribution in [2.75, 3.05) is 5.73 Å². The number of aromatic nitrogens is 2. The number of hydrogen-bond acceptors (Lipinski definition) is 2. The Kier molecular flexibility index (Phi) is 5.69. The van der Waals surface area contributed by atoms with E-state index in [2.05, 4.69) is 18.1 Å². The molecule has 0 aromatic carbocycles. The average Bonchev–Trinajstić information content (AvgIpc) is 2.78. The van der Waals surface area contributed by atoms with Crippen molar-refractivity contribution in [2.45, 2.75) is 77.2 Å². The van der Waals surface area contributed by atoms with Gasteiger partial charge in [-0.15, -0.1) is 6.58 Å². The maximum atomic E-state index is 6.33. The molecule has 2 N–H and O–H groups in total. The van der Waals surface area contributed by atoms with E-state index in [-0.39, 0.29) is 0 Å². The van der Waals surface area contributed by atoms with Gasteiger partial charge in [-0.2, -0.15) is 0 Å². The van der Waals surface area contributed by atoms with Crippen molar-refractivity contribution in [3.05, 3.63) is 24.2 Å². The lowest BCUT2D eigenvalue weighted by Crippen LogP contribution is -2.13. The Morgan fingerprint density at radius 1 is 1.30 bits per heavy atom. The Balaban J connectivity index is 2.19. The van der Waals surface area contributed by atoms with Crippen molar-refractivity contribution in [3.63, 3.8) is 0 Å². The van der Waals surface area contributed by atoms with Gasteiger partial charge in [-0.3, -0.25) is 0 Å². The molecule has 20 heavy (non-hydrogen) atoms. The van der Waals surface area contributed by atoms with Crippen LogP contribution in [-0.2, 0) is 13.0 Å². The number of nitrogens with zero attached hydrogens (tertiary/aromatic N) is 2. The van der Waals surface area contributed by atoms with Crippen LogP contribution in [0.5, 0.6) is 0 Å². The Hall–Kier alpha value is -1.25. The highest BCUT2D eigenvalue weighted by molar-refractivity contribution is 5.39. The molecular formula is C17H29N3. The predicted molar refractivity (Wildman–Crippen MR) is 85.9 cm³/mol. The monoisotopic (exact) mass is 275 g/mol. The number of rotatable bonds is 7. The summed E-state index contributed by atoms with van der Waals surface area (Å²) in [7, 11) is 0. The third kappa shape index (κ3) is 3.44. The van der Waals surface area contributed by atoms with E-state index in [9.17, 15) is 0 Å². The predicted octanol–water partition coefficient (Wildman–Crippen LogP) is 4.43. The van der Waals surface area contributed by atoms with Crippen LogP contribution in [0.25, 0.3) is 0 Å². The maximum absolute atomic E-state index is 6.33. The first-order chi connectivity index (χ1) is 9.77. The number of anilines is 1. The standard InChI is InChI=1S/C17H29N3/c1-3-5-7-12-15-16(18)20(13-4-2)17(19-15)14-10-8-6-9-11-14/h4,14H,2-3,5-13,18H2,1H3. The number of allylic oxidation sites excluding steroid dienone is 1. The Morgan fingerprint density at radius 3 is 2.70 bits per heavy atom. The van der Waals surface area contributed by atoms with Crippen LogP contribution in [0.2, 0.25) is 0 Å². The van der Waals surface area contributed by atoms with E-state index in [4.69, 9.17) is 10.7 Å². The highest BCUT2D eigenvalue weighted by Gasteiger charge is 2.23. The molecule has 1 aromatic rings. The minimum atomic E-state index is 0.603. The molecule has 0 bridgehead atoms. The molecule has 0 aliphatic heterocycles. The summed E-state index contributed by atoms with van der Waals surface area (Å²) in [6, 6.07) is 0. The summed E-state index contributed by atoms with van der Waals surface area (Å²) >= 11 is 0. The van der Waals surface area contributed by atoms with Gasteiger partial charge >= 0.3 is 0 Å². The topological polar surface area (TPSA) is 43.8 Å². The summed E-state index contributed by atoms with van der Waals surface area (Å²) in [4.78, 5) is 4.91. The fourth-order valence-electron chi connectivity index (χ4n) is 3.25. The number of hydrogen-bond donors (Lipinski definition) is 1. The molecule has 1 aliphatic carbocycles. The number of aryl methyl sites for hydroxylation is 1. The Labute approximate surface area is 123 Å². The van der Waals surface area contributed by atoms with E-state index in [1.54, 1.807) is 0 Å². The highest BCUT2D eigenvalue weighted by Crippen LogP contribution is 2.34. The van der Waals surface area contributed by atoms with E-state index in [1.807, 2.05) is 6.08 Å². The lowest BCUT2D eigenvalue weighted by molar-refractivity contribution is 0.419. The van der Waals surface area contributed by atoms with Crippen molar-refractivity contribution in [1.29, 1.82) is 0 Å². The van der Waals surface area contributed by atoms with Gasteiger partial charge in [-0.25, -0.2) is 4.98 Å². The minimum absolute atomic E-state index is 0.603. The average molecular weight is 275 g/mol. The molecule has 0 saturated heterocycles. The second-order valence-corrected chi connectivity index (χ2v) is 5.99. The van der Waals surface area contributed by atoms with E-state index in [1.165, 1.54) is 57.2 Å². The fourth-order valence-corrected chi connectivity index (χ4v) is 3.25. The van der Waals surface area contributed by atoms with Gasteiger partial charge in [0.1, 0.15) is 11.6 Å². The molecule has 3 heteroatoms. The molecule has 1 saturated carbocycles. The van der Waals surface area contributed by atoms with E-state index in [0.717, 1.165) is 24.5 Å². The lowest BCUT2D eigenvalue weighted by atomic mass is 9.88. The van der Waals surface area contributed by atoms with Crippen LogP contribution in [0.1, 0.15) is 75.7 Å². The molecule has 3 nitrogen and oxygen atoms in total. The molecule has 0 atom stereocenters. The summed E-state index contributed by atoms with van der Waals surface area (Å²) in [6.07, 6.45) is 13.2. The maximum Gasteiger partial charge on any atom is 0.127 e. The number of unbranched alkanes of at least 4 members (excludes halogenated alkanes) is 2. The number of imidazole rings is 1. The summed E-state index contributed by atoms with van der Waals surface area (Å²) in [5, 5.41) is 0. The van der Waals surface area contributed by atoms with Gasteiger partial charge in [0, 0.05) is 12.5 Å². The molecule has 0 spiro atoms. The molecule has 1 fully saturated rings. The van der Waals surface area contributed by atoms with Crippen LogP contribution in [0.4, 0.5) is 5.82 Å². The van der Waals surface area contributed by atoms with E-state index < -0.39 is 0 Å². The summed E-state index contributed by atoms with van der Waals surface area (Å²) in [6.45, 7) is 6.88. The zero-order valence-corrected chi connectivity index (χ0v) is 12.9. The van der Waals surface area contributed by atoms with Crippen molar-refractivity contribution in [2.24, 2.45) is 0 Å². The molecule has 0 amide bonds. The summed E-state index contributed by atoms with van der Waals surface area (Å²) in [5.41, 5.74) is 7.44. The SMILES string of the molecule is C=CCn1c(C2CCCCC2)nc(CCCCC)c1N. The van der Waals surface area contributed by atoms with Gasteiger partial charge in [-0.05, 0) is 25.7 Å². The third-order valence-corrected chi connectivity index (χ3v) is 4.41. The Morgan fingerprint density at radius 2 is 2.05 bits per heavy atom. The van der Waals surface area contributed by atoms with Crippen LogP contribution >= 0.6 is 0 Å². The quantitative estimate of drug-likeness (QED) is 0.591. The fraction of sp³-hybridized carbons (Fsp3) is 0.706. The van der Waals surface area contributed by atoms with Gasteiger partial charge in [0.15, 0.2) is 0 Å². The first kappa shape index (κ1) is 15.1. The van der Waals surface area contributed by atoms with Crippen molar-refractivity contribution in [1.82, 2.24) is 9.55 Å². The van der Waals surface area contributed by atoms with E-state index in [0.29, 0.717) is 5.92 Å². The largest absolute Gasteiger partial charge is 0.384 e. The molecule has 1 aliphatic rings. The normalized spacial score (nSPS) is 16.4. The van der Waals surface area contributed by atoms with Crippen LogP contribution < -0.4 is 5.73 Å². The van der Waals surface area contributed by atoms with Crippen molar-refractivity contribution in [3.8, 4) is 0 Å². The molecule has 1 heterocycles. The van der Waals surface area contributed by atoms with Gasteiger partial charge in [0.2, 0.25) is 0 Å². The second kappa shape index (κ2) is 7.51. The van der Waals surface area contributed by atoms with Crippen molar-refractivity contribution < 1.29 is 0 Å². The van der Waals surface area contributed by atoms with Gasteiger partial charge in [0.25, 0.3) is 0 Å². The van der Waals surface area contributed by atoms with Gasteiger partial charge in [-0.1, -0.05) is 45.1 Å². The molecule has 0 radical (unpaired) electrons. The van der Waals surface area contributed by atoms with Crippen molar-refractivity contribution >= 4 is 5.82 Å². The number of nitrogen functional groups attached to an aromatic ring is 1. The summed E-state index contributed by atoms with van der Waals surface area (Å²) < 4.78 is 2.20. The molecule has 0 unspecified atom stereocenters. The molecule has 1 aromatic heterocycles. The summed E-state index contributed by atoms with van der Waals surface area (Å²) in [5.74, 6) is 2.70. The van der Waals surface area contributed by atoms with Gasteiger partial charge in [0.05, 0.1) is 5.69 Å². The minimum Gasteiger partial charge on any atom is -0.384 e. The van der Waals surface area contributed by atoms with Crippen LogP contribution in [-0.4, -0.2) is 9.55 Å². The first-order valence-electron chi connectivity index (χ1n) is 8.23. The zero-order chi connectivity index (χ0) is 14.4. The van der Waals surface area contributed by atoms with Crippen LogP contribution in [0, 0.1) is 0 Å².